The van der Waals surface area contributed by atoms with Gasteiger partial charge in [-0.15, -0.1) is 0 Å². The van der Waals surface area contributed by atoms with Crippen molar-refractivity contribution in [2.75, 3.05) is 0 Å². The molecule has 0 radical (unpaired) electrons. The number of benzene rings is 2. The van der Waals surface area contributed by atoms with Gasteiger partial charge in [-0.25, -0.2) is 0 Å². The van der Waals surface area contributed by atoms with E-state index < -0.39 is 5.60 Å². The quantitative estimate of drug-likeness (QED) is 0.861. The molecule has 0 atom stereocenters. The van der Waals surface area contributed by atoms with Crippen molar-refractivity contribution in [1.82, 2.24) is 0 Å². The highest BCUT2D eigenvalue weighted by atomic mass is 16.3. The number of aryl methyl sites for hydroxylation is 2. The first-order valence-corrected chi connectivity index (χ1v) is 7.15. The van der Waals surface area contributed by atoms with Crippen LogP contribution in [0, 0.1) is 0 Å². The highest BCUT2D eigenvalue weighted by Crippen LogP contribution is 2.40. The van der Waals surface area contributed by atoms with E-state index in [0.717, 1.165) is 36.8 Å². The van der Waals surface area contributed by atoms with Crippen LogP contribution in [0.1, 0.15) is 42.0 Å². The zero-order valence-corrected chi connectivity index (χ0v) is 11.4. The molecule has 1 aliphatic rings. The first-order chi connectivity index (χ1) is 9.25. The van der Waals surface area contributed by atoms with Crippen LogP contribution in [0.25, 0.3) is 0 Å². The molecule has 1 N–H and O–H groups in total. The predicted molar refractivity (Wildman–Crippen MR) is 78.2 cm³/mol. The number of hydrogen-bond donors (Lipinski definition) is 1. The summed E-state index contributed by atoms with van der Waals surface area (Å²) in [5.74, 6) is 0. The molecule has 0 aliphatic heterocycles. The molecule has 2 aromatic rings. The summed E-state index contributed by atoms with van der Waals surface area (Å²) >= 11 is 0. The van der Waals surface area contributed by atoms with E-state index in [0.29, 0.717) is 0 Å². The summed E-state index contributed by atoms with van der Waals surface area (Å²) in [7, 11) is 0. The smallest absolute Gasteiger partial charge is 0.115 e. The fourth-order valence-electron chi connectivity index (χ4n) is 3.33. The van der Waals surface area contributed by atoms with E-state index in [4.69, 9.17) is 0 Å². The third-order valence-electron chi connectivity index (χ3n) is 4.20. The van der Waals surface area contributed by atoms with Crippen LogP contribution in [0.2, 0.25) is 0 Å². The molecule has 0 fully saturated rings. The topological polar surface area (TPSA) is 20.2 Å². The molecule has 1 heteroatoms. The summed E-state index contributed by atoms with van der Waals surface area (Å²) in [6.07, 6.45) is 3.78. The lowest BCUT2D eigenvalue weighted by atomic mass is 9.80. The van der Waals surface area contributed by atoms with Gasteiger partial charge in [0, 0.05) is 0 Å². The lowest BCUT2D eigenvalue weighted by molar-refractivity contribution is 0.0695. The van der Waals surface area contributed by atoms with E-state index in [1.807, 2.05) is 12.1 Å². The molecular weight excluding hydrogens is 232 g/mol. The third-order valence-corrected chi connectivity index (χ3v) is 4.20. The van der Waals surface area contributed by atoms with E-state index in [2.05, 4.69) is 43.3 Å². The van der Waals surface area contributed by atoms with Crippen LogP contribution in [0.15, 0.2) is 48.5 Å². The van der Waals surface area contributed by atoms with Gasteiger partial charge in [0.2, 0.25) is 0 Å². The Labute approximate surface area is 114 Å². The van der Waals surface area contributed by atoms with Crippen LogP contribution in [0.5, 0.6) is 0 Å². The maximum Gasteiger partial charge on any atom is 0.115 e. The van der Waals surface area contributed by atoms with Crippen molar-refractivity contribution < 1.29 is 5.11 Å². The second kappa shape index (κ2) is 4.82. The monoisotopic (exact) mass is 252 g/mol. The molecule has 3 rings (SSSR count). The summed E-state index contributed by atoms with van der Waals surface area (Å²) in [4.78, 5) is 0. The molecule has 0 heterocycles. The number of rotatable bonds is 2. The summed E-state index contributed by atoms with van der Waals surface area (Å²) < 4.78 is 0. The van der Waals surface area contributed by atoms with Gasteiger partial charge < -0.3 is 5.11 Å². The molecule has 1 aliphatic carbocycles. The van der Waals surface area contributed by atoms with E-state index >= 15 is 0 Å². The van der Waals surface area contributed by atoms with Crippen molar-refractivity contribution >= 4 is 0 Å². The Kier molecular flexibility index (Phi) is 3.16. The molecule has 0 unspecified atom stereocenters. The highest BCUT2D eigenvalue weighted by molar-refractivity contribution is 5.47. The van der Waals surface area contributed by atoms with Crippen molar-refractivity contribution in [3.8, 4) is 0 Å². The Hall–Kier alpha value is -1.60. The maximum absolute atomic E-state index is 11.4. The predicted octanol–water partition coefficient (Wildman–Crippen LogP) is 3.82. The Bertz CT molecular complexity index is 538. The minimum Gasteiger partial charge on any atom is -0.380 e. The fraction of sp³-hybridized carbons (Fsp3) is 0.333. The van der Waals surface area contributed by atoms with Crippen molar-refractivity contribution in [1.29, 1.82) is 0 Å². The van der Waals surface area contributed by atoms with Crippen LogP contribution >= 0.6 is 0 Å². The molecule has 0 saturated heterocycles. The molecule has 2 aromatic carbocycles. The van der Waals surface area contributed by atoms with E-state index in [1.54, 1.807) is 0 Å². The van der Waals surface area contributed by atoms with E-state index in [1.165, 1.54) is 11.1 Å². The zero-order valence-electron chi connectivity index (χ0n) is 11.4. The lowest BCUT2D eigenvalue weighted by Crippen LogP contribution is -2.28. The van der Waals surface area contributed by atoms with Crippen molar-refractivity contribution in [2.45, 2.75) is 38.2 Å². The van der Waals surface area contributed by atoms with E-state index in [-0.39, 0.29) is 0 Å². The molecule has 98 valence electrons. The van der Waals surface area contributed by atoms with Crippen LogP contribution in [-0.2, 0) is 18.4 Å². The maximum atomic E-state index is 11.4. The van der Waals surface area contributed by atoms with Gasteiger partial charge in [-0.2, -0.15) is 0 Å². The summed E-state index contributed by atoms with van der Waals surface area (Å²) in [6, 6.07) is 16.7. The van der Waals surface area contributed by atoms with E-state index in [9.17, 15) is 5.11 Å². The highest BCUT2D eigenvalue weighted by Gasteiger charge is 2.35. The Balaban J connectivity index is 2.25. The van der Waals surface area contributed by atoms with Gasteiger partial charge in [0.25, 0.3) is 0 Å². The largest absolute Gasteiger partial charge is 0.380 e. The van der Waals surface area contributed by atoms with Gasteiger partial charge in [0.05, 0.1) is 0 Å². The molecule has 0 saturated carbocycles. The zero-order chi connectivity index (χ0) is 13.3. The molecule has 0 bridgehead atoms. The third kappa shape index (κ3) is 1.98. The molecular formula is C18H20O. The van der Waals surface area contributed by atoms with Crippen molar-refractivity contribution in [3.05, 3.63) is 70.8 Å². The van der Waals surface area contributed by atoms with Crippen LogP contribution in [0.3, 0.4) is 0 Å². The molecule has 0 aromatic heterocycles. The number of hydrogen-bond acceptors (Lipinski definition) is 1. The second-order valence-corrected chi connectivity index (χ2v) is 5.42. The van der Waals surface area contributed by atoms with Crippen LogP contribution in [-0.4, -0.2) is 5.11 Å². The molecule has 0 spiro atoms. The van der Waals surface area contributed by atoms with Crippen LogP contribution in [0.4, 0.5) is 0 Å². The van der Waals surface area contributed by atoms with Gasteiger partial charge in [-0.05, 0) is 41.5 Å². The minimum absolute atomic E-state index is 0.779. The van der Waals surface area contributed by atoms with Gasteiger partial charge >= 0.3 is 0 Å². The average molecular weight is 252 g/mol. The molecule has 19 heavy (non-hydrogen) atoms. The number of aliphatic hydroxyl groups is 1. The normalized spacial score (nSPS) is 16.3. The fourth-order valence-corrected chi connectivity index (χ4v) is 3.33. The Morgan fingerprint density at radius 2 is 1.37 bits per heavy atom. The van der Waals surface area contributed by atoms with Gasteiger partial charge in [-0.1, -0.05) is 61.9 Å². The number of fused-ring (bicyclic) bond motifs is 2. The minimum atomic E-state index is -0.821. The standard InChI is InChI=1S/C18H20O/c1-2-13-18(19)16-9-5-3-7-14(16)11-12-15-8-4-6-10-17(15)18/h3-10,19H,2,11-13H2,1H3. The SMILES string of the molecule is CCCC1(O)c2ccccc2CCc2ccccc21. The van der Waals surface area contributed by atoms with Crippen molar-refractivity contribution in [3.63, 3.8) is 0 Å². The summed E-state index contributed by atoms with van der Waals surface area (Å²) in [5, 5.41) is 11.4. The van der Waals surface area contributed by atoms with Gasteiger partial charge in [-0.3, -0.25) is 0 Å². The van der Waals surface area contributed by atoms with Crippen LogP contribution < -0.4 is 0 Å². The Morgan fingerprint density at radius 1 is 0.895 bits per heavy atom. The molecule has 0 amide bonds. The second-order valence-electron chi connectivity index (χ2n) is 5.42. The lowest BCUT2D eigenvalue weighted by Gasteiger charge is -2.30. The van der Waals surface area contributed by atoms with Crippen molar-refractivity contribution in [2.24, 2.45) is 0 Å². The summed E-state index contributed by atoms with van der Waals surface area (Å²) in [5.41, 5.74) is 3.95. The first-order valence-electron chi connectivity index (χ1n) is 7.15. The first kappa shape index (κ1) is 12.4. The van der Waals surface area contributed by atoms with Gasteiger partial charge in [0.1, 0.15) is 5.60 Å². The summed E-state index contributed by atoms with van der Waals surface area (Å²) in [6.45, 7) is 2.13. The molecule has 1 nitrogen and oxygen atoms in total. The Morgan fingerprint density at radius 3 is 1.84 bits per heavy atom. The van der Waals surface area contributed by atoms with Gasteiger partial charge in [0.15, 0.2) is 0 Å². The average Bonchev–Trinajstić information content (AvgIpc) is 2.57.